The van der Waals surface area contributed by atoms with Gasteiger partial charge < -0.3 is 10.4 Å². The zero-order valence-electron chi connectivity index (χ0n) is 11.7. The second-order valence-electron chi connectivity index (χ2n) is 6.35. The summed E-state index contributed by atoms with van der Waals surface area (Å²) in [4.78, 5) is 12.1. The molecule has 1 saturated carbocycles. The number of aryl methyl sites for hydroxylation is 1. The fourth-order valence-electron chi connectivity index (χ4n) is 2.57. The Morgan fingerprint density at radius 1 is 1.22 bits per heavy atom. The minimum Gasteiger partial charge on any atom is -0.508 e. The van der Waals surface area contributed by atoms with Crippen molar-refractivity contribution in [2.75, 3.05) is 0 Å². The lowest BCUT2D eigenvalue weighted by molar-refractivity contribution is 0.0943. The molecule has 2 N–H and O–H groups in total. The van der Waals surface area contributed by atoms with Crippen LogP contribution in [0.4, 0.5) is 0 Å². The van der Waals surface area contributed by atoms with E-state index in [0.717, 1.165) is 5.56 Å². The Morgan fingerprint density at radius 2 is 1.78 bits per heavy atom. The molecule has 0 bridgehead atoms. The molecule has 98 valence electrons. The predicted octanol–water partition coefficient (Wildman–Crippen LogP) is 2.87. The summed E-state index contributed by atoms with van der Waals surface area (Å²) in [6.07, 6.45) is 0. The van der Waals surface area contributed by atoms with Crippen molar-refractivity contribution < 1.29 is 9.90 Å². The number of phenolic OH excluding ortho intramolecular Hbond substituents is 1. The van der Waals surface area contributed by atoms with Crippen LogP contribution < -0.4 is 5.32 Å². The number of amides is 1. The third kappa shape index (κ3) is 1.78. The van der Waals surface area contributed by atoms with E-state index in [9.17, 15) is 9.90 Å². The van der Waals surface area contributed by atoms with Gasteiger partial charge in [0.25, 0.3) is 5.91 Å². The highest BCUT2D eigenvalue weighted by atomic mass is 16.3. The van der Waals surface area contributed by atoms with Crippen LogP contribution in [-0.4, -0.2) is 17.1 Å². The number of benzene rings is 1. The normalized spacial score (nSPS) is 20.5. The Bertz CT molecular complexity index is 489. The quantitative estimate of drug-likeness (QED) is 0.844. The molecule has 0 saturated heterocycles. The first-order valence-corrected chi connectivity index (χ1v) is 6.28. The lowest BCUT2D eigenvalue weighted by Crippen LogP contribution is -2.29. The topological polar surface area (TPSA) is 49.3 Å². The number of hydrogen-bond donors (Lipinski definition) is 2. The molecule has 2 rings (SSSR count). The van der Waals surface area contributed by atoms with Crippen molar-refractivity contribution in [3.05, 3.63) is 29.3 Å². The molecule has 0 aliphatic heterocycles. The molecule has 0 radical (unpaired) electrons. The fraction of sp³-hybridized carbons (Fsp3) is 0.533. The Kier molecular flexibility index (Phi) is 2.69. The van der Waals surface area contributed by atoms with Gasteiger partial charge in [-0.1, -0.05) is 27.7 Å². The number of aromatic hydroxyl groups is 1. The van der Waals surface area contributed by atoms with Crippen molar-refractivity contribution in [2.45, 2.75) is 40.7 Å². The van der Waals surface area contributed by atoms with Gasteiger partial charge in [-0.3, -0.25) is 4.79 Å². The summed E-state index contributed by atoms with van der Waals surface area (Å²) in [5, 5.41) is 12.5. The molecule has 3 nitrogen and oxygen atoms in total. The molecule has 1 aromatic carbocycles. The first-order valence-electron chi connectivity index (χ1n) is 6.28. The van der Waals surface area contributed by atoms with Gasteiger partial charge in [0.05, 0.1) is 0 Å². The molecule has 18 heavy (non-hydrogen) atoms. The van der Waals surface area contributed by atoms with E-state index in [2.05, 4.69) is 33.0 Å². The fourth-order valence-corrected chi connectivity index (χ4v) is 2.57. The maximum Gasteiger partial charge on any atom is 0.251 e. The van der Waals surface area contributed by atoms with Crippen LogP contribution in [0, 0.1) is 17.8 Å². The van der Waals surface area contributed by atoms with Gasteiger partial charge in [-0.2, -0.15) is 0 Å². The highest BCUT2D eigenvalue weighted by molar-refractivity contribution is 5.95. The SMILES string of the molecule is Cc1cc(C(=O)NC2C(C)(C)C2(C)C)ccc1O. The average molecular weight is 247 g/mol. The summed E-state index contributed by atoms with van der Waals surface area (Å²) < 4.78 is 0. The summed E-state index contributed by atoms with van der Waals surface area (Å²) in [5.41, 5.74) is 1.59. The molecule has 0 heterocycles. The van der Waals surface area contributed by atoms with Crippen LogP contribution in [0.15, 0.2) is 18.2 Å². The molecule has 1 aliphatic rings. The second-order valence-corrected chi connectivity index (χ2v) is 6.35. The van der Waals surface area contributed by atoms with Gasteiger partial charge in [-0.25, -0.2) is 0 Å². The third-order valence-electron chi connectivity index (χ3n) is 4.76. The zero-order valence-corrected chi connectivity index (χ0v) is 11.7. The summed E-state index contributed by atoms with van der Waals surface area (Å²) >= 11 is 0. The van der Waals surface area contributed by atoms with Crippen molar-refractivity contribution in [2.24, 2.45) is 10.8 Å². The van der Waals surface area contributed by atoms with Crippen LogP contribution in [0.25, 0.3) is 0 Å². The molecule has 0 atom stereocenters. The standard InChI is InChI=1S/C15H21NO2/c1-9-8-10(6-7-11(9)17)12(18)16-13-14(2,3)15(13,4)5/h6-8,13,17H,1-5H3,(H,16,18). The van der Waals surface area contributed by atoms with Crippen molar-refractivity contribution in [1.82, 2.24) is 5.32 Å². The number of nitrogens with one attached hydrogen (secondary N) is 1. The van der Waals surface area contributed by atoms with E-state index in [1.54, 1.807) is 25.1 Å². The van der Waals surface area contributed by atoms with Crippen molar-refractivity contribution in [3.63, 3.8) is 0 Å². The zero-order chi connectivity index (χ0) is 13.7. The Labute approximate surface area is 108 Å². The van der Waals surface area contributed by atoms with Gasteiger partial charge in [0.2, 0.25) is 0 Å². The number of carbonyl (C=O) groups is 1. The molecule has 1 amide bonds. The van der Waals surface area contributed by atoms with E-state index >= 15 is 0 Å². The molecule has 1 aromatic rings. The summed E-state index contributed by atoms with van der Waals surface area (Å²) in [6.45, 7) is 10.5. The van der Waals surface area contributed by atoms with Crippen molar-refractivity contribution in [3.8, 4) is 5.75 Å². The van der Waals surface area contributed by atoms with E-state index < -0.39 is 0 Å². The van der Waals surface area contributed by atoms with Gasteiger partial charge in [0.15, 0.2) is 0 Å². The van der Waals surface area contributed by atoms with Crippen LogP contribution >= 0.6 is 0 Å². The smallest absolute Gasteiger partial charge is 0.251 e. The van der Waals surface area contributed by atoms with Gasteiger partial charge in [-0.15, -0.1) is 0 Å². The van der Waals surface area contributed by atoms with E-state index in [4.69, 9.17) is 0 Å². The molecule has 0 aromatic heterocycles. The number of rotatable bonds is 2. The van der Waals surface area contributed by atoms with Crippen LogP contribution in [0.5, 0.6) is 5.75 Å². The maximum atomic E-state index is 12.1. The monoisotopic (exact) mass is 247 g/mol. The largest absolute Gasteiger partial charge is 0.508 e. The van der Waals surface area contributed by atoms with Gasteiger partial charge in [-0.05, 0) is 41.5 Å². The lowest BCUT2D eigenvalue weighted by Gasteiger charge is -2.08. The Balaban J connectivity index is 2.12. The van der Waals surface area contributed by atoms with Gasteiger partial charge in [0, 0.05) is 11.6 Å². The van der Waals surface area contributed by atoms with Crippen LogP contribution in [0.2, 0.25) is 0 Å². The molecule has 3 heteroatoms. The molecule has 0 unspecified atom stereocenters. The van der Waals surface area contributed by atoms with Crippen molar-refractivity contribution in [1.29, 1.82) is 0 Å². The number of carbonyl (C=O) groups excluding carboxylic acids is 1. The highest BCUT2D eigenvalue weighted by Crippen LogP contribution is 2.62. The summed E-state index contributed by atoms with van der Waals surface area (Å²) in [5.74, 6) is 0.153. The number of phenols is 1. The Hall–Kier alpha value is -1.51. The van der Waals surface area contributed by atoms with E-state index in [1.165, 1.54) is 0 Å². The predicted molar refractivity (Wildman–Crippen MR) is 71.7 cm³/mol. The molecule has 1 fully saturated rings. The third-order valence-corrected chi connectivity index (χ3v) is 4.76. The average Bonchev–Trinajstić information content (AvgIpc) is 2.65. The minimum absolute atomic E-state index is 0.0678. The molecular formula is C15H21NO2. The summed E-state index contributed by atoms with van der Waals surface area (Å²) in [6, 6.07) is 5.13. The minimum atomic E-state index is -0.0678. The van der Waals surface area contributed by atoms with Crippen LogP contribution in [0.1, 0.15) is 43.6 Å². The second kappa shape index (κ2) is 3.74. The molecule has 1 aliphatic carbocycles. The highest BCUT2D eigenvalue weighted by Gasteiger charge is 2.65. The van der Waals surface area contributed by atoms with Crippen LogP contribution in [-0.2, 0) is 0 Å². The van der Waals surface area contributed by atoms with E-state index in [0.29, 0.717) is 5.56 Å². The first kappa shape index (κ1) is 12.9. The molecule has 0 spiro atoms. The molecular weight excluding hydrogens is 226 g/mol. The van der Waals surface area contributed by atoms with Crippen LogP contribution in [0.3, 0.4) is 0 Å². The number of hydrogen-bond acceptors (Lipinski definition) is 2. The van der Waals surface area contributed by atoms with Crippen molar-refractivity contribution >= 4 is 5.91 Å². The Morgan fingerprint density at radius 3 is 2.22 bits per heavy atom. The van der Waals surface area contributed by atoms with E-state index in [1.807, 2.05) is 0 Å². The first-order chi connectivity index (χ1) is 8.18. The lowest BCUT2D eigenvalue weighted by atomic mass is 10.0. The maximum absolute atomic E-state index is 12.1. The summed E-state index contributed by atoms with van der Waals surface area (Å²) in [7, 11) is 0. The van der Waals surface area contributed by atoms with Gasteiger partial charge >= 0.3 is 0 Å². The van der Waals surface area contributed by atoms with E-state index in [-0.39, 0.29) is 28.5 Å². The van der Waals surface area contributed by atoms with Gasteiger partial charge in [0.1, 0.15) is 5.75 Å².